The van der Waals surface area contributed by atoms with Crippen LogP contribution in [0.1, 0.15) is 12.5 Å². The van der Waals surface area contributed by atoms with E-state index in [-0.39, 0.29) is 30.9 Å². The maximum absolute atomic E-state index is 13.2. The van der Waals surface area contributed by atoms with E-state index in [9.17, 15) is 14.4 Å². The van der Waals surface area contributed by atoms with Gasteiger partial charge in [-0.3, -0.25) is 19.3 Å². The molecule has 1 heterocycles. The molecule has 2 rings (SSSR count). The van der Waals surface area contributed by atoms with Crippen LogP contribution >= 0.6 is 0 Å². The lowest BCUT2D eigenvalue weighted by Crippen LogP contribution is -2.39. The van der Waals surface area contributed by atoms with Gasteiger partial charge in [-0.2, -0.15) is 0 Å². The number of nitrogens with zero attached hydrogens (tertiary/aromatic N) is 2. The summed E-state index contributed by atoms with van der Waals surface area (Å²) in [6.45, 7) is 3.47. The van der Waals surface area contributed by atoms with Gasteiger partial charge in [-0.25, -0.2) is 0 Å². The number of rotatable bonds is 12. The highest BCUT2D eigenvalue weighted by atomic mass is 16.5. The Morgan fingerprint density at radius 2 is 1.50 bits per heavy atom. The lowest BCUT2D eigenvalue weighted by molar-refractivity contribution is -0.138. The van der Waals surface area contributed by atoms with Gasteiger partial charge in [0, 0.05) is 47.0 Å². The molecule has 30 heavy (non-hydrogen) atoms. The number of anilines is 1. The molecule has 164 valence electrons. The highest BCUT2D eigenvalue weighted by Gasteiger charge is 2.41. The molecule has 0 radical (unpaired) electrons. The van der Waals surface area contributed by atoms with Gasteiger partial charge in [-0.1, -0.05) is 12.1 Å². The monoisotopic (exact) mass is 419 g/mol. The Balaban J connectivity index is 2.48. The van der Waals surface area contributed by atoms with E-state index >= 15 is 0 Å². The molecule has 3 amide bonds. The van der Waals surface area contributed by atoms with Gasteiger partial charge in [-0.05, 0) is 17.7 Å². The van der Waals surface area contributed by atoms with Gasteiger partial charge in [0.25, 0.3) is 11.8 Å². The minimum Gasteiger partial charge on any atom is -0.383 e. The van der Waals surface area contributed by atoms with Crippen LogP contribution in [0.5, 0.6) is 0 Å². The first-order valence-corrected chi connectivity index (χ1v) is 9.64. The first-order chi connectivity index (χ1) is 14.4. The van der Waals surface area contributed by atoms with Gasteiger partial charge < -0.3 is 24.4 Å². The number of hydrogen-bond acceptors (Lipinski definition) is 7. The van der Waals surface area contributed by atoms with Crippen LogP contribution in [0, 0.1) is 0 Å². The van der Waals surface area contributed by atoms with E-state index in [1.807, 2.05) is 4.90 Å². The van der Waals surface area contributed by atoms with Crippen molar-refractivity contribution < 1.29 is 28.6 Å². The molecule has 1 aliphatic heterocycles. The lowest BCUT2D eigenvalue weighted by atomic mass is 10.0. The molecule has 1 aromatic rings. The molecular weight excluding hydrogens is 390 g/mol. The van der Waals surface area contributed by atoms with Crippen LogP contribution in [-0.2, 0) is 28.6 Å². The predicted molar refractivity (Wildman–Crippen MR) is 112 cm³/mol. The van der Waals surface area contributed by atoms with Crippen molar-refractivity contribution in [3.8, 4) is 0 Å². The number of benzene rings is 1. The van der Waals surface area contributed by atoms with Gasteiger partial charge in [0.15, 0.2) is 0 Å². The highest BCUT2D eigenvalue weighted by Crippen LogP contribution is 2.32. The van der Waals surface area contributed by atoms with Crippen LogP contribution in [0.4, 0.5) is 5.69 Å². The maximum atomic E-state index is 13.2. The summed E-state index contributed by atoms with van der Waals surface area (Å²) in [6, 6.07) is 6.84. The van der Waals surface area contributed by atoms with E-state index in [1.165, 1.54) is 18.9 Å². The number of nitrogens with one attached hydrogen (secondary N) is 1. The second-order valence-electron chi connectivity index (χ2n) is 6.71. The SMILES string of the molecule is COCCN(CCOC)C1=C(c2ccc(NC(C)=O)cc2)C(=O)N(CCOC)C1=O. The van der Waals surface area contributed by atoms with Crippen molar-refractivity contribution in [2.75, 3.05) is 66.1 Å². The molecule has 0 saturated heterocycles. The summed E-state index contributed by atoms with van der Waals surface area (Å²) in [6.07, 6.45) is 0. The Morgan fingerprint density at radius 3 is 2.00 bits per heavy atom. The summed E-state index contributed by atoms with van der Waals surface area (Å²) in [5.41, 5.74) is 1.84. The number of carbonyl (C=O) groups excluding carboxylic acids is 3. The predicted octanol–water partition coefficient (Wildman–Crippen LogP) is 0.966. The van der Waals surface area contributed by atoms with Crippen LogP contribution in [0.25, 0.3) is 5.57 Å². The maximum Gasteiger partial charge on any atom is 0.277 e. The van der Waals surface area contributed by atoms with E-state index in [2.05, 4.69) is 5.32 Å². The third-order valence-electron chi connectivity index (χ3n) is 4.60. The van der Waals surface area contributed by atoms with Gasteiger partial charge >= 0.3 is 0 Å². The number of ether oxygens (including phenoxy) is 3. The molecule has 1 N–H and O–H groups in total. The minimum absolute atomic E-state index is 0.160. The standard InChI is InChI=1S/C21H29N3O6/c1-15(25)22-17-7-5-16(6-8-17)18-19(23(9-12-28-2)10-13-29-3)21(27)24(20(18)26)11-14-30-4/h5-8H,9-14H2,1-4H3,(H,22,25). The van der Waals surface area contributed by atoms with Gasteiger partial charge in [0.05, 0.1) is 31.9 Å². The van der Waals surface area contributed by atoms with Crippen LogP contribution in [0.15, 0.2) is 30.0 Å². The van der Waals surface area contributed by atoms with Crippen molar-refractivity contribution in [1.29, 1.82) is 0 Å². The average Bonchev–Trinajstić information content (AvgIpc) is 2.97. The molecule has 0 aromatic heterocycles. The summed E-state index contributed by atoms with van der Waals surface area (Å²) in [5, 5.41) is 2.69. The van der Waals surface area contributed by atoms with Crippen LogP contribution in [0.2, 0.25) is 0 Å². The van der Waals surface area contributed by atoms with Crippen molar-refractivity contribution in [1.82, 2.24) is 9.80 Å². The Bertz CT molecular complexity index is 782. The quantitative estimate of drug-likeness (QED) is 0.504. The zero-order valence-electron chi connectivity index (χ0n) is 17.9. The van der Waals surface area contributed by atoms with Gasteiger partial charge in [0.1, 0.15) is 5.70 Å². The molecular formula is C21H29N3O6. The summed E-state index contributed by atoms with van der Waals surface area (Å²) in [7, 11) is 4.68. The molecule has 0 aliphatic carbocycles. The van der Waals surface area contributed by atoms with E-state index in [0.717, 1.165) is 0 Å². The molecule has 0 fully saturated rings. The van der Waals surface area contributed by atoms with E-state index < -0.39 is 0 Å². The van der Waals surface area contributed by atoms with E-state index in [1.54, 1.807) is 38.5 Å². The third-order valence-corrected chi connectivity index (χ3v) is 4.60. The zero-order chi connectivity index (χ0) is 22.1. The van der Waals surface area contributed by atoms with Gasteiger partial charge in [-0.15, -0.1) is 0 Å². The lowest BCUT2D eigenvalue weighted by Gasteiger charge is -2.25. The molecule has 0 spiro atoms. The number of imide groups is 1. The van der Waals surface area contributed by atoms with Crippen molar-refractivity contribution in [3.05, 3.63) is 35.5 Å². The Kier molecular flexibility index (Phi) is 8.97. The second-order valence-corrected chi connectivity index (χ2v) is 6.71. The Morgan fingerprint density at radius 1 is 0.933 bits per heavy atom. The van der Waals surface area contributed by atoms with Gasteiger partial charge in [0.2, 0.25) is 5.91 Å². The molecule has 0 bridgehead atoms. The summed E-state index contributed by atoms with van der Waals surface area (Å²) in [4.78, 5) is 40.7. The fraction of sp³-hybridized carbons (Fsp3) is 0.476. The first-order valence-electron chi connectivity index (χ1n) is 9.64. The van der Waals surface area contributed by atoms with Crippen LogP contribution < -0.4 is 5.32 Å². The average molecular weight is 419 g/mol. The smallest absolute Gasteiger partial charge is 0.277 e. The summed E-state index contributed by atoms with van der Waals surface area (Å²) < 4.78 is 15.4. The normalized spacial score (nSPS) is 13.9. The second kappa shape index (κ2) is 11.4. The number of methoxy groups -OCH3 is 3. The third kappa shape index (κ3) is 5.65. The summed E-state index contributed by atoms with van der Waals surface area (Å²) in [5.74, 6) is -0.935. The molecule has 1 aliphatic rings. The number of carbonyl (C=O) groups is 3. The number of hydrogen-bond donors (Lipinski definition) is 1. The van der Waals surface area contributed by atoms with E-state index in [4.69, 9.17) is 14.2 Å². The molecule has 9 heteroatoms. The molecule has 0 saturated carbocycles. The van der Waals surface area contributed by atoms with Crippen molar-refractivity contribution >= 4 is 29.0 Å². The minimum atomic E-state index is -0.376. The first kappa shape index (κ1) is 23.5. The van der Waals surface area contributed by atoms with Crippen molar-refractivity contribution in [2.45, 2.75) is 6.92 Å². The van der Waals surface area contributed by atoms with E-state index in [0.29, 0.717) is 48.8 Å². The molecule has 0 atom stereocenters. The highest BCUT2D eigenvalue weighted by molar-refractivity contribution is 6.35. The fourth-order valence-corrected chi connectivity index (χ4v) is 3.16. The topological polar surface area (TPSA) is 97.4 Å². The Hall–Kier alpha value is -2.75. The van der Waals surface area contributed by atoms with Crippen molar-refractivity contribution in [3.63, 3.8) is 0 Å². The molecule has 1 aromatic carbocycles. The Labute approximate surface area is 176 Å². The summed E-state index contributed by atoms with van der Waals surface area (Å²) >= 11 is 0. The zero-order valence-corrected chi connectivity index (χ0v) is 17.9. The molecule has 9 nitrogen and oxygen atoms in total. The fourth-order valence-electron chi connectivity index (χ4n) is 3.16. The van der Waals surface area contributed by atoms with Crippen LogP contribution in [-0.4, -0.2) is 88.3 Å². The molecule has 0 unspecified atom stereocenters. The van der Waals surface area contributed by atoms with Crippen molar-refractivity contribution in [2.24, 2.45) is 0 Å². The van der Waals surface area contributed by atoms with Crippen LogP contribution in [0.3, 0.4) is 0 Å². The number of amides is 3. The largest absolute Gasteiger partial charge is 0.383 e.